The number of non-ortho nitro benzene ring substituents is 1. The number of ketones is 1. The van der Waals surface area contributed by atoms with Crippen LogP contribution in [0, 0.1) is 23.0 Å². The summed E-state index contributed by atoms with van der Waals surface area (Å²) in [6, 6.07) is 11.7. The summed E-state index contributed by atoms with van der Waals surface area (Å²) in [5.41, 5.74) is 2.14. The van der Waals surface area contributed by atoms with Crippen molar-refractivity contribution in [2.24, 2.45) is 5.92 Å². The highest BCUT2D eigenvalue weighted by molar-refractivity contribution is 5.98. The highest BCUT2D eigenvalue weighted by Gasteiger charge is 2.26. The molecule has 0 aliphatic carbocycles. The summed E-state index contributed by atoms with van der Waals surface area (Å²) >= 11 is 0. The molecule has 2 aromatic carbocycles. The Balaban J connectivity index is 1.52. The molecule has 0 saturated carbocycles. The van der Waals surface area contributed by atoms with Crippen molar-refractivity contribution in [2.45, 2.75) is 19.8 Å². The number of hydrogen-bond donors (Lipinski definition) is 1. The van der Waals surface area contributed by atoms with Gasteiger partial charge in [-0.1, -0.05) is 29.8 Å². The molecule has 1 fully saturated rings. The molecule has 30 heavy (non-hydrogen) atoms. The molecule has 1 amide bonds. The fourth-order valence-electron chi connectivity index (χ4n) is 3.60. The average molecular weight is 411 g/mol. The van der Waals surface area contributed by atoms with Gasteiger partial charge in [0.25, 0.3) is 5.69 Å². The SMILES string of the molecule is COc1cc([N+](=O)[O-])ccc1NC(=O)CN1CCC(C(=O)c2ccc(C)cc2)CC1. The number of likely N-dealkylation sites (tertiary alicyclic amines) is 1. The number of aryl methyl sites for hydroxylation is 1. The molecular weight excluding hydrogens is 386 g/mol. The third-order valence-electron chi connectivity index (χ3n) is 5.33. The minimum atomic E-state index is -0.518. The number of nitro groups is 1. The number of rotatable bonds is 7. The minimum absolute atomic E-state index is 0.0261. The average Bonchev–Trinajstić information content (AvgIpc) is 2.74. The molecular formula is C22H25N3O5. The number of nitrogens with zero attached hydrogens (tertiary/aromatic N) is 2. The Morgan fingerprint density at radius 1 is 1.17 bits per heavy atom. The van der Waals surface area contributed by atoms with E-state index in [-0.39, 0.29) is 35.6 Å². The van der Waals surface area contributed by atoms with Crippen LogP contribution in [-0.2, 0) is 4.79 Å². The molecule has 2 aromatic rings. The number of benzene rings is 2. The molecule has 1 saturated heterocycles. The van der Waals surface area contributed by atoms with Gasteiger partial charge < -0.3 is 10.1 Å². The molecule has 1 aliphatic heterocycles. The summed E-state index contributed by atoms with van der Waals surface area (Å²) in [6.07, 6.45) is 1.42. The summed E-state index contributed by atoms with van der Waals surface area (Å²) < 4.78 is 5.15. The number of carbonyl (C=O) groups excluding carboxylic acids is 2. The molecule has 0 bridgehead atoms. The second kappa shape index (κ2) is 9.49. The van der Waals surface area contributed by atoms with Crippen LogP contribution in [-0.4, -0.2) is 48.3 Å². The van der Waals surface area contributed by atoms with Crippen LogP contribution in [0.3, 0.4) is 0 Å². The number of Topliss-reactive ketones (excluding diaryl/α,β-unsaturated/α-hetero) is 1. The maximum absolute atomic E-state index is 12.7. The predicted octanol–water partition coefficient (Wildman–Crippen LogP) is 3.45. The minimum Gasteiger partial charge on any atom is -0.494 e. The number of methoxy groups -OCH3 is 1. The van der Waals surface area contributed by atoms with E-state index in [9.17, 15) is 19.7 Å². The number of nitro benzene ring substituents is 1. The van der Waals surface area contributed by atoms with Gasteiger partial charge in [0.15, 0.2) is 5.78 Å². The largest absolute Gasteiger partial charge is 0.494 e. The van der Waals surface area contributed by atoms with Crippen LogP contribution in [0.4, 0.5) is 11.4 Å². The van der Waals surface area contributed by atoms with Gasteiger partial charge in [-0.05, 0) is 38.9 Å². The molecule has 158 valence electrons. The van der Waals surface area contributed by atoms with E-state index < -0.39 is 4.92 Å². The smallest absolute Gasteiger partial charge is 0.273 e. The molecule has 0 aromatic heterocycles. The Bertz CT molecular complexity index is 934. The van der Waals surface area contributed by atoms with Crippen molar-refractivity contribution in [1.29, 1.82) is 0 Å². The maximum atomic E-state index is 12.7. The van der Waals surface area contributed by atoms with Crippen LogP contribution < -0.4 is 10.1 Å². The van der Waals surface area contributed by atoms with Gasteiger partial charge in [-0.25, -0.2) is 0 Å². The number of amides is 1. The highest BCUT2D eigenvalue weighted by Crippen LogP contribution is 2.29. The third kappa shape index (κ3) is 5.21. The number of anilines is 1. The van der Waals surface area contributed by atoms with Gasteiger partial charge in [0.2, 0.25) is 5.91 Å². The number of nitrogens with one attached hydrogen (secondary N) is 1. The Hall–Kier alpha value is -3.26. The Morgan fingerprint density at radius 2 is 1.83 bits per heavy atom. The zero-order chi connectivity index (χ0) is 21.7. The molecule has 0 atom stereocenters. The van der Waals surface area contributed by atoms with Crippen molar-refractivity contribution >= 4 is 23.1 Å². The van der Waals surface area contributed by atoms with E-state index in [0.717, 1.165) is 11.1 Å². The Kier molecular flexibility index (Phi) is 6.79. The fourth-order valence-corrected chi connectivity index (χ4v) is 3.60. The Morgan fingerprint density at radius 3 is 2.43 bits per heavy atom. The molecule has 0 spiro atoms. The van der Waals surface area contributed by atoms with Crippen LogP contribution in [0.25, 0.3) is 0 Å². The van der Waals surface area contributed by atoms with E-state index in [1.807, 2.05) is 36.1 Å². The number of carbonyl (C=O) groups is 2. The van der Waals surface area contributed by atoms with E-state index in [2.05, 4.69) is 5.32 Å². The first-order valence-electron chi connectivity index (χ1n) is 9.83. The van der Waals surface area contributed by atoms with E-state index in [1.165, 1.54) is 25.3 Å². The third-order valence-corrected chi connectivity index (χ3v) is 5.33. The van der Waals surface area contributed by atoms with Crippen molar-refractivity contribution in [2.75, 3.05) is 32.1 Å². The lowest BCUT2D eigenvalue weighted by atomic mass is 9.88. The molecule has 1 heterocycles. The van der Waals surface area contributed by atoms with Gasteiger partial charge in [0, 0.05) is 17.5 Å². The lowest BCUT2D eigenvalue weighted by Gasteiger charge is -2.30. The van der Waals surface area contributed by atoms with Crippen LogP contribution in [0.2, 0.25) is 0 Å². The molecule has 3 rings (SSSR count). The predicted molar refractivity (Wildman–Crippen MR) is 113 cm³/mol. The summed E-state index contributed by atoms with van der Waals surface area (Å²) in [7, 11) is 1.39. The topological polar surface area (TPSA) is 102 Å². The summed E-state index contributed by atoms with van der Waals surface area (Å²) in [5.74, 6) is 0.141. The van der Waals surface area contributed by atoms with Gasteiger partial charge in [0.1, 0.15) is 5.75 Å². The molecule has 1 N–H and O–H groups in total. The fraction of sp³-hybridized carbons (Fsp3) is 0.364. The molecule has 8 nitrogen and oxygen atoms in total. The number of ether oxygens (including phenoxy) is 1. The first-order valence-corrected chi connectivity index (χ1v) is 9.83. The van der Waals surface area contributed by atoms with Gasteiger partial charge in [0.05, 0.1) is 30.3 Å². The quantitative estimate of drug-likeness (QED) is 0.425. The van der Waals surface area contributed by atoms with Crippen LogP contribution in [0.15, 0.2) is 42.5 Å². The van der Waals surface area contributed by atoms with Crippen molar-refractivity contribution in [3.8, 4) is 5.75 Å². The monoisotopic (exact) mass is 411 g/mol. The molecule has 0 radical (unpaired) electrons. The summed E-state index contributed by atoms with van der Waals surface area (Å²) in [4.78, 5) is 37.5. The first kappa shape index (κ1) is 21.4. The van der Waals surface area contributed by atoms with Gasteiger partial charge in [-0.3, -0.25) is 24.6 Å². The lowest BCUT2D eigenvalue weighted by molar-refractivity contribution is -0.384. The Labute approximate surface area is 175 Å². The number of hydrogen-bond acceptors (Lipinski definition) is 6. The summed E-state index contributed by atoms with van der Waals surface area (Å²) in [5, 5.41) is 13.6. The standard InChI is InChI=1S/C22H25N3O5/c1-15-3-5-16(6-4-15)22(27)17-9-11-24(12-10-17)14-21(26)23-19-8-7-18(25(28)29)13-20(19)30-2/h3-8,13,17H,9-12,14H2,1-2H3,(H,23,26). The van der Waals surface area contributed by atoms with E-state index in [0.29, 0.717) is 31.6 Å². The normalized spacial score (nSPS) is 14.9. The van der Waals surface area contributed by atoms with Crippen LogP contribution in [0.1, 0.15) is 28.8 Å². The second-order valence-corrected chi connectivity index (χ2v) is 7.47. The second-order valence-electron chi connectivity index (χ2n) is 7.47. The molecule has 0 unspecified atom stereocenters. The van der Waals surface area contributed by atoms with Gasteiger partial charge in [-0.2, -0.15) is 0 Å². The molecule has 8 heteroatoms. The van der Waals surface area contributed by atoms with Gasteiger partial charge in [-0.15, -0.1) is 0 Å². The van der Waals surface area contributed by atoms with Crippen molar-refractivity contribution in [3.63, 3.8) is 0 Å². The van der Waals surface area contributed by atoms with Crippen LogP contribution >= 0.6 is 0 Å². The zero-order valence-electron chi connectivity index (χ0n) is 17.1. The van der Waals surface area contributed by atoms with Crippen molar-refractivity contribution in [1.82, 2.24) is 4.90 Å². The van der Waals surface area contributed by atoms with E-state index in [1.54, 1.807) is 0 Å². The van der Waals surface area contributed by atoms with E-state index >= 15 is 0 Å². The zero-order valence-corrected chi connectivity index (χ0v) is 17.1. The highest BCUT2D eigenvalue weighted by atomic mass is 16.6. The maximum Gasteiger partial charge on any atom is 0.273 e. The van der Waals surface area contributed by atoms with Crippen molar-refractivity contribution in [3.05, 3.63) is 63.7 Å². The lowest BCUT2D eigenvalue weighted by Crippen LogP contribution is -2.40. The summed E-state index contributed by atoms with van der Waals surface area (Å²) in [6.45, 7) is 3.50. The molecule has 1 aliphatic rings. The number of piperidine rings is 1. The van der Waals surface area contributed by atoms with Crippen LogP contribution in [0.5, 0.6) is 5.75 Å². The van der Waals surface area contributed by atoms with Crippen molar-refractivity contribution < 1.29 is 19.2 Å². The first-order chi connectivity index (χ1) is 14.4. The van der Waals surface area contributed by atoms with E-state index in [4.69, 9.17) is 4.74 Å². The van der Waals surface area contributed by atoms with Gasteiger partial charge >= 0.3 is 0 Å².